The summed E-state index contributed by atoms with van der Waals surface area (Å²) in [4.78, 5) is 27.0. The van der Waals surface area contributed by atoms with Crippen molar-refractivity contribution in [3.8, 4) is 5.75 Å². The van der Waals surface area contributed by atoms with Crippen molar-refractivity contribution in [2.45, 2.75) is 82.8 Å². The van der Waals surface area contributed by atoms with Gasteiger partial charge in [0.05, 0.1) is 0 Å². The van der Waals surface area contributed by atoms with Crippen molar-refractivity contribution in [3.05, 3.63) is 65.2 Å². The molecular weight excluding hydrogens is 454 g/mol. The highest BCUT2D eigenvalue weighted by molar-refractivity contribution is 5.69. The Labute approximate surface area is 213 Å². The summed E-state index contributed by atoms with van der Waals surface area (Å²) in [6, 6.07) is 16.3. The van der Waals surface area contributed by atoms with E-state index in [2.05, 4.69) is 19.1 Å². The number of likely N-dealkylation sites (tertiary alicyclic amines) is 1. The van der Waals surface area contributed by atoms with Gasteiger partial charge in [0.25, 0.3) is 0 Å². The van der Waals surface area contributed by atoms with Crippen LogP contribution in [0.5, 0.6) is 5.75 Å². The van der Waals surface area contributed by atoms with Crippen molar-refractivity contribution in [2.75, 3.05) is 13.3 Å². The molecule has 1 saturated heterocycles. The highest BCUT2D eigenvalue weighted by Gasteiger charge is 2.55. The van der Waals surface area contributed by atoms with E-state index in [1.54, 1.807) is 0 Å². The zero-order chi connectivity index (χ0) is 25.0. The smallest absolute Gasteiger partial charge is 0.410 e. The average Bonchev–Trinajstić information content (AvgIpc) is 2.91. The molecule has 2 aliphatic carbocycles. The molecule has 2 bridgehead atoms. The molecule has 2 aromatic carbocycles. The average molecular weight is 492 g/mol. The fourth-order valence-corrected chi connectivity index (χ4v) is 6.66. The number of amides is 1. The molecule has 3 atom stereocenters. The molecule has 0 spiro atoms. The van der Waals surface area contributed by atoms with E-state index in [0.717, 1.165) is 49.8 Å². The van der Waals surface area contributed by atoms with Gasteiger partial charge in [0, 0.05) is 24.4 Å². The van der Waals surface area contributed by atoms with E-state index < -0.39 is 0 Å². The molecular formula is C30H37NO5. The molecule has 6 heteroatoms. The third kappa shape index (κ3) is 4.95. The summed E-state index contributed by atoms with van der Waals surface area (Å²) in [5.74, 6) is 0.966. The lowest BCUT2D eigenvalue weighted by atomic mass is 9.52. The third-order valence-corrected chi connectivity index (χ3v) is 8.43. The van der Waals surface area contributed by atoms with Gasteiger partial charge in [0.1, 0.15) is 12.4 Å². The molecule has 6 nitrogen and oxygen atoms in total. The van der Waals surface area contributed by atoms with E-state index >= 15 is 0 Å². The Kier molecular flexibility index (Phi) is 7.49. The highest BCUT2D eigenvalue weighted by atomic mass is 16.7. The van der Waals surface area contributed by atoms with Crippen LogP contribution in [-0.4, -0.2) is 36.3 Å². The molecule has 36 heavy (non-hydrogen) atoms. The third-order valence-electron chi connectivity index (χ3n) is 8.43. The van der Waals surface area contributed by atoms with Crippen LogP contribution >= 0.6 is 0 Å². The quantitative estimate of drug-likeness (QED) is 0.327. The van der Waals surface area contributed by atoms with E-state index in [9.17, 15) is 9.59 Å². The van der Waals surface area contributed by atoms with Crippen LogP contribution < -0.4 is 4.74 Å². The van der Waals surface area contributed by atoms with Gasteiger partial charge in [0.2, 0.25) is 6.79 Å². The van der Waals surface area contributed by atoms with E-state index in [1.165, 1.54) is 24.0 Å². The number of nitrogens with zero attached hydrogens (tertiary/aromatic N) is 1. The highest BCUT2D eigenvalue weighted by Crippen LogP contribution is 2.56. The lowest BCUT2D eigenvalue weighted by molar-refractivity contribution is -0.150. The topological polar surface area (TPSA) is 65.1 Å². The minimum Gasteiger partial charge on any atom is -0.457 e. The molecule has 0 radical (unpaired) electrons. The fourth-order valence-electron chi connectivity index (χ4n) is 6.66. The number of hydrogen-bond donors (Lipinski definition) is 0. The summed E-state index contributed by atoms with van der Waals surface area (Å²) in [6.07, 6.45) is 8.50. The van der Waals surface area contributed by atoms with E-state index in [-0.39, 0.29) is 30.3 Å². The van der Waals surface area contributed by atoms with Crippen LogP contribution in [-0.2, 0) is 32.7 Å². The van der Waals surface area contributed by atoms with Crippen LogP contribution in [0.1, 0.15) is 75.0 Å². The Bertz CT molecular complexity index is 1070. The van der Waals surface area contributed by atoms with Crippen LogP contribution in [0.4, 0.5) is 4.79 Å². The first-order valence-corrected chi connectivity index (χ1v) is 13.5. The van der Waals surface area contributed by atoms with Crippen LogP contribution in [0.3, 0.4) is 0 Å². The van der Waals surface area contributed by atoms with Crippen molar-refractivity contribution in [2.24, 2.45) is 5.92 Å². The van der Waals surface area contributed by atoms with Gasteiger partial charge in [-0.2, -0.15) is 0 Å². The van der Waals surface area contributed by atoms with Crippen molar-refractivity contribution >= 4 is 12.1 Å². The number of ether oxygens (including phenoxy) is 3. The van der Waals surface area contributed by atoms with Gasteiger partial charge >= 0.3 is 12.1 Å². The predicted molar refractivity (Wildman–Crippen MR) is 137 cm³/mol. The maximum Gasteiger partial charge on any atom is 0.410 e. The van der Waals surface area contributed by atoms with Crippen molar-refractivity contribution in [3.63, 3.8) is 0 Å². The normalized spacial score (nSPS) is 24.3. The van der Waals surface area contributed by atoms with Gasteiger partial charge < -0.3 is 19.1 Å². The second-order valence-corrected chi connectivity index (χ2v) is 10.5. The molecule has 2 fully saturated rings. The Morgan fingerprint density at radius 1 is 1.06 bits per heavy atom. The summed E-state index contributed by atoms with van der Waals surface area (Å²) in [5, 5.41) is 0. The van der Waals surface area contributed by atoms with Gasteiger partial charge in [-0.25, -0.2) is 4.79 Å². The second kappa shape index (κ2) is 10.9. The van der Waals surface area contributed by atoms with E-state index in [1.807, 2.05) is 41.3 Å². The first-order chi connectivity index (χ1) is 17.6. The SMILES string of the molecule is CCCCC(=O)OCOc1ccc2c(c1)[C@@]13CCCC[C@@H]1[C@H](C2)N(C(=O)OCc1ccccc1)CC3. The summed E-state index contributed by atoms with van der Waals surface area (Å²) in [5.41, 5.74) is 3.75. The summed E-state index contributed by atoms with van der Waals surface area (Å²) in [6.45, 7) is 3.02. The maximum atomic E-state index is 13.2. The van der Waals surface area contributed by atoms with Crippen molar-refractivity contribution < 1.29 is 23.8 Å². The molecule has 0 aromatic heterocycles. The lowest BCUT2D eigenvalue weighted by Crippen LogP contribution is -2.62. The van der Waals surface area contributed by atoms with Crippen molar-refractivity contribution in [1.29, 1.82) is 0 Å². The largest absolute Gasteiger partial charge is 0.457 e. The minimum atomic E-state index is -0.213. The molecule has 3 aliphatic rings. The molecule has 5 rings (SSSR count). The lowest BCUT2D eigenvalue weighted by Gasteiger charge is -2.58. The Hall–Kier alpha value is -3.02. The zero-order valence-corrected chi connectivity index (χ0v) is 21.2. The van der Waals surface area contributed by atoms with Crippen LogP contribution in [0.2, 0.25) is 0 Å². The number of benzene rings is 2. The standard InChI is InChI=1S/C30H37NO5/c1-2-3-12-28(32)36-21-35-24-14-13-23-18-27-25-11-7-8-15-30(25,26(23)19-24)16-17-31(27)29(33)34-20-22-9-5-4-6-10-22/h4-6,9-10,13-14,19,25,27H,2-3,7-8,11-12,15-18,20-21H2,1H3/t25-,27+,30-/m1/s1. The first-order valence-electron chi connectivity index (χ1n) is 13.5. The van der Waals surface area contributed by atoms with Crippen LogP contribution in [0.15, 0.2) is 48.5 Å². The summed E-state index contributed by atoms with van der Waals surface area (Å²) < 4.78 is 16.9. The van der Waals surface area contributed by atoms with Crippen LogP contribution in [0, 0.1) is 5.92 Å². The molecule has 1 saturated carbocycles. The summed E-state index contributed by atoms with van der Waals surface area (Å²) >= 11 is 0. The number of esters is 1. The number of rotatable bonds is 8. The van der Waals surface area contributed by atoms with E-state index in [4.69, 9.17) is 14.2 Å². The number of fused-ring (bicyclic) bond motifs is 1. The van der Waals surface area contributed by atoms with Gasteiger partial charge in [-0.05, 0) is 66.8 Å². The Morgan fingerprint density at radius 2 is 1.92 bits per heavy atom. The zero-order valence-electron chi connectivity index (χ0n) is 21.2. The first kappa shape index (κ1) is 24.7. The molecule has 1 amide bonds. The molecule has 1 heterocycles. The van der Waals surface area contributed by atoms with Crippen LogP contribution in [0.25, 0.3) is 0 Å². The van der Waals surface area contributed by atoms with Gasteiger partial charge in [-0.1, -0.05) is 62.6 Å². The van der Waals surface area contributed by atoms with Gasteiger partial charge in [0.15, 0.2) is 0 Å². The molecule has 0 unspecified atom stereocenters. The van der Waals surface area contributed by atoms with Gasteiger partial charge in [-0.3, -0.25) is 4.79 Å². The fraction of sp³-hybridized carbons (Fsp3) is 0.533. The Balaban J connectivity index is 1.30. The number of hydrogen-bond acceptors (Lipinski definition) is 5. The monoisotopic (exact) mass is 491 g/mol. The summed E-state index contributed by atoms with van der Waals surface area (Å²) in [7, 11) is 0. The van der Waals surface area contributed by atoms with Gasteiger partial charge in [-0.15, -0.1) is 0 Å². The molecule has 1 aliphatic heterocycles. The Morgan fingerprint density at radius 3 is 2.75 bits per heavy atom. The molecule has 2 aromatic rings. The molecule has 0 N–H and O–H groups in total. The van der Waals surface area contributed by atoms with E-state index in [0.29, 0.717) is 25.5 Å². The minimum absolute atomic E-state index is 0.0541. The molecule has 192 valence electrons. The number of piperidine rings is 1. The number of unbranched alkanes of at least 4 members (excludes halogenated alkanes) is 1. The maximum absolute atomic E-state index is 13.2. The predicted octanol–water partition coefficient (Wildman–Crippen LogP) is 6.15. The van der Waals surface area contributed by atoms with Crippen molar-refractivity contribution in [1.82, 2.24) is 4.90 Å². The second-order valence-electron chi connectivity index (χ2n) is 10.5. The number of carbonyl (C=O) groups is 2. The number of carbonyl (C=O) groups excluding carboxylic acids is 2.